The number of ether oxygens (including phenoxy) is 1. The van der Waals surface area contributed by atoms with E-state index in [1.54, 1.807) is 60.9 Å². The van der Waals surface area contributed by atoms with E-state index >= 15 is 0 Å². The number of nitrogens with one attached hydrogen (secondary N) is 1. The zero-order valence-corrected chi connectivity index (χ0v) is 17.2. The van der Waals surface area contributed by atoms with Crippen LogP contribution in [0, 0.1) is 0 Å². The van der Waals surface area contributed by atoms with E-state index in [0.29, 0.717) is 27.6 Å². The number of fused-ring (bicyclic) bond motifs is 1. The summed E-state index contributed by atoms with van der Waals surface area (Å²) in [6, 6.07) is 17.6. The predicted molar refractivity (Wildman–Crippen MR) is 117 cm³/mol. The van der Waals surface area contributed by atoms with Crippen LogP contribution in [0.3, 0.4) is 0 Å². The maximum Gasteiger partial charge on any atom is 0.416 e. The molecule has 0 saturated carbocycles. The minimum atomic E-state index is -4.42. The van der Waals surface area contributed by atoms with Crippen LogP contribution in [0.15, 0.2) is 85.2 Å². The second-order valence-electron chi connectivity index (χ2n) is 7.31. The number of pyridine rings is 1. The molecule has 0 aliphatic heterocycles. The van der Waals surface area contributed by atoms with Gasteiger partial charge in [-0.3, -0.25) is 9.78 Å². The topological polar surface area (TPSA) is 71.5 Å². The number of hydrogen-bond donors (Lipinski definition) is 2. The molecule has 4 aromatic rings. The summed E-state index contributed by atoms with van der Waals surface area (Å²) in [4.78, 5) is 16.8. The lowest BCUT2D eigenvalue weighted by atomic mass is 10.0. The van der Waals surface area contributed by atoms with E-state index in [0.717, 1.165) is 12.1 Å². The molecule has 168 valence electrons. The third kappa shape index (κ3) is 5.12. The summed E-state index contributed by atoms with van der Waals surface area (Å²) in [5, 5.41) is 13.9. The van der Waals surface area contributed by atoms with Crippen molar-refractivity contribution in [1.29, 1.82) is 0 Å². The molecule has 0 radical (unpaired) electrons. The standard InChI is InChI=1S/C25H19F3N2O3/c26-25(27,28)19-7-9-20(10-8-19)33-23-5-1-3-16-13-17(6-11-21(16)23)24(32)30-22(15-31)18-4-2-12-29-14-18/h1-14,22,31H,15H2,(H,30,32). The van der Waals surface area contributed by atoms with Gasteiger partial charge in [-0.1, -0.05) is 18.2 Å². The number of aliphatic hydroxyl groups is 1. The normalized spacial score (nSPS) is 12.4. The van der Waals surface area contributed by atoms with Crippen LogP contribution in [-0.2, 0) is 6.18 Å². The Kier molecular flexibility index (Phi) is 6.28. The molecule has 1 unspecified atom stereocenters. The molecule has 4 rings (SSSR count). The first-order chi connectivity index (χ1) is 15.8. The van der Waals surface area contributed by atoms with Crippen LogP contribution < -0.4 is 10.1 Å². The highest BCUT2D eigenvalue weighted by atomic mass is 19.4. The van der Waals surface area contributed by atoms with Crippen LogP contribution in [0.1, 0.15) is 27.5 Å². The van der Waals surface area contributed by atoms with Gasteiger partial charge in [0.2, 0.25) is 0 Å². The van der Waals surface area contributed by atoms with E-state index in [1.165, 1.54) is 12.1 Å². The van der Waals surface area contributed by atoms with Crippen molar-refractivity contribution in [2.45, 2.75) is 12.2 Å². The van der Waals surface area contributed by atoms with Gasteiger partial charge in [-0.05, 0) is 65.5 Å². The average Bonchev–Trinajstić information content (AvgIpc) is 2.82. The van der Waals surface area contributed by atoms with Gasteiger partial charge in [-0.2, -0.15) is 13.2 Å². The molecule has 1 aromatic heterocycles. The first-order valence-electron chi connectivity index (χ1n) is 10.0. The van der Waals surface area contributed by atoms with Gasteiger partial charge >= 0.3 is 6.18 Å². The molecule has 1 heterocycles. The molecule has 3 aromatic carbocycles. The van der Waals surface area contributed by atoms with E-state index in [4.69, 9.17) is 4.74 Å². The molecule has 1 amide bonds. The SMILES string of the molecule is O=C(NC(CO)c1cccnc1)c1ccc2c(Oc3ccc(C(F)(F)F)cc3)cccc2c1. The number of benzene rings is 3. The summed E-state index contributed by atoms with van der Waals surface area (Å²) in [5.41, 5.74) is 0.314. The molecule has 0 saturated heterocycles. The molecular formula is C25H19F3N2O3. The van der Waals surface area contributed by atoms with Crippen molar-refractivity contribution in [3.05, 3.63) is 102 Å². The first-order valence-corrected chi connectivity index (χ1v) is 10.0. The quantitative estimate of drug-likeness (QED) is 0.405. The number of alkyl halides is 3. The maximum absolute atomic E-state index is 12.8. The van der Waals surface area contributed by atoms with E-state index < -0.39 is 17.8 Å². The van der Waals surface area contributed by atoms with Crippen LogP contribution >= 0.6 is 0 Å². The second-order valence-corrected chi connectivity index (χ2v) is 7.31. The lowest BCUT2D eigenvalue weighted by molar-refractivity contribution is -0.137. The van der Waals surface area contributed by atoms with Gasteiger partial charge in [0.25, 0.3) is 5.91 Å². The molecule has 1 atom stereocenters. The van der Waals surface area contributed by atoms with Gasteiger partial charge in [0.15, 0.2) is 0 Å². The van der Waals surface area contributed by atoms with E-state index in [1.807, 2.05) is 0 Å². The van der Waals surface area contributed by atoms with E-state index in [2.05, 4.69) is 10.3 Å². The minimum absolute atomic E-state index is 0.263. The predicted octanol–water partition coefficient (Wildman–Crippen LogP) is 5.51. The molecule has 0 spiro atoms. The molecule has 0 bridgehead atoms. The number of carbonyl (C=O) groups is 1. The highest BCUT2D eigenvalue weighted by Crippen LogP contribution is 2.33. The fourth-order valence-electron chi connectivity index (χ4n) is 3.38. The third-order valence-corrected chi connectivity index (χ3v) is 5.09. The Morgan fingerprint density at radius 3 is 2.48 bits per heavy atom. The average molecular weight is 452 g/mol. The fourth-order valence-corrected chi connectivity index (χ4v) is 3.38. The van der Waals surface area contributed by atoms with Crippen LogP contribution in [0.4, 0.5) is 13.2 Å². The summed E-state index contributed by atoms with van der Waals surface area (Å²) in [6.45, 7) is -0.282. The largest absolute Gasteiger partial charge is 0.457 e. The van der Waals surface area contributed by atoms with Crippen molar-refractivity contribution in [3.63, 3.8) is 0 Å². The van der Waals surface area contributed by atoms with Gasteiger partial charge in [-0.25, -0.2) is 0 Å². The third-order valence-electron chi connectivity index (χ3n) is 5.09. The fraction of sp³-hybridized carbons (Fsp3) is 0.120. The maximum atomic E-state index is 12.8. The van der Waals surface area contributed by atoms with E-state index in [9.17, 15) is 23.1 Å². The Labute approximate surface area is 187 Å². The smallest absolute Gasteiger partial charge is 0.416 e. The summed E-state index contributed by atoms with van der Waals surface area (Å²) in [5.74, 6) is 0.344. The summed E-state index contributed by atoms with van der Waals surface area (Å²) in [6.07, 6.45) is -1.24. The van der Waals surface area contributed by atoms with Gasteiger partial charge in [0.1, 0.15) is 11.5 Å². The molecule has 8 heteroatoms. The highest BCUT2D eigenvalue weighted by Gasteiger charge is 2.30. The second kappa shape index (κ2) is 9.30. The Bertz CT molecular complexity index is 1260. The zero-order chi connectivity index (χ0) is 23.4. The van der Waals surface area contributed by atoms with Crippen molar-refractivity contribution in [2.75, 3.05) is 6.61 Å². The first kappa shape index (κ1) is 22.3. The molecule has 5 nitrogen and oxygen atoms in total. The molecule has 0 aliphatic rings. The van der Waals surface area contributed by atoms with Crippen LogP contribution in [-0.4, -0.2) is 22.6 Å². The summed E-state index contributed by atoms with van der Waals surface area (Å²) >= 11 is 0. The summed E-state index contributed by atoms with van der Waals surface area (Å²) in [7, 11) is 0. The number of aromatic nitrogens is 1. The number of hydrogen-bond acceptors (Lipinski definition) is 4. The highest BCUT2D eigenvalue weighted by molar-refractivity contribution is 6.00. The zero-order valence-electron chi connectivity index (χ0n) is 17.2. The van der Waals surface area contributed by atoms with Crippen molar-refractivity contribution in [1.82, 2.24) is 10.3 Å². The Balaban J connectivity index is 1.55. The number of rotatable bonds is 6. The number of aliphatic hydroxyl groups excluding tert-OH is 1. The number of nitrogens with zero attached hydrogens (tertiary/aromatic N) is 1. The molecular weight excluding hydrogens is 433 g/mol. The van der Waals surface area contributed by atoms with Crippen LogP contribution in [0.25, 0.3) is 10.8 Å². The van der Waals surface area contributed by atoms with Gasteiger partial charge in [0.05, 0.1) is 18.2 Å². The van der Waals surface area contributed by atoms with Crippen molar-refractivity contribution in [2.24, 2.45) is 0 Å². The van der Waals surface area contributed by atoms with Gasteiger partial charge in [0, 0.05) is 23.3 Å². The Morgan fingerprint density at radius 2 is 1.82 bits per heavy atom. The number of halogens is 3. The molecule has 0 fully saturated rings. The van der Waals surface area contributed by atoms with Gasteiger partial charge < -0.3 is 15.2 Å². The van der Waals surface area contributed by atoms with Gasteiger partial charge in [-0.15, -0.1) is 0 Å². The van der Waals surface area contributed by atoms with Crippen molar-refractivity contribution in [3.8, 4) is 11.5 Å². The van der Waals surface area contributed by atoms with Crippen LogP contribution in [0.5, 0.6) is 11.5 Å². The lowest BCUT2D eigenvalue weighted by Crippen LogP contribution is -2.30. The molecule has 33 heavy (non-hydrogen) atoms. The molecule has 0 aliphatic carbocycles. The summed E-state index contributed by atoms with van der Waals surface area (Å²) < 4.78 is 44.1. The monoisotopic (exact) mass is 452 g/mol. The molecule has 2 N–H and O–H groups in total. The number of amides is 1. The van der Waals surface area contributed by atoms with Crippen molar-refractivity contribution < 1.29 is 27.8 Å². The van der Waals surface area contributed by atoms with Crippen molar-refractivity contribution >= 4 is 16.7 Å². The van der Waals surface area contributed by atoms with E-state index in [-0.39, 0.29) is 18.3 Å². The minimum Gasteiger partial charge on any atom is -0.457 e. The Hall–Kier alpha value is -3.91. The van der Waals surface area contributed by atoms with Crippen LogP contribution in [0.2, 0.25) is 0 Å². The Morgan fingerprint density at radius 1 is 1.03 bits per heavy atom. The number of carbonyl (C=O) groups excluding carboxylic acids is 1. The lowest BCUT2D eigenvalue weighted by Gasteiger charge is -2.17.